The summed E-state index contributed by atoms with van der Waals surface area (Å²) in [6, 6.07) is 6.81. The van der Waals surface area contributed by atoms with Crippen LogP contribution in [0.4, 0.5) is 0 Å². The summed E-state index contributed by atoms with van der Waals surface area (Å²) in [6.07, 6.45) is -1.12. The van der Waals surface area contributed by atoms with Crippen LogP contribution in [0.1, 0.15) is 18.6 Å². The predicted octanol–water partition coefficient (Wildman–Crippen LogP) is 1.54. The molecule has 0 radical (unpaired) electrons. The van der Waals surface area contributed by atoms with Gasteiger partial charge in [-0.2, -0.15) is 0 Å². The van der Waals surface area contributed by atoms with E-state index < -0.39 is 6.10 Å². The largest absolute Gasteiger partial charge is 0.378 e. The second-order valence-corrected chi connectivity index (χ2v) is 5.15. The van der Waals surface area contributed by atoms with E-state index in [1.54, 1.807) is 29.2 Å². The van der Waals surface area contributed by atoms with E-state index in [0.717, 1.165) is 19.6 Å². The van der Waals surface area contributed by atoms with Crippen molar-refractivity contribution in [1.82, 2.24) is 9.80 Å². The molecule has 1 aliphatic rings. The summed E-state index contributed by atoms with van der Waals surface area (Å²) in [5, 5.41) is 10.7. The highest BCUT2D eigenvalue weighted by atomic mass is 35.5. The normalized spacial score (nSPS) is 18.4. The van der Waals surface area contributed by atoms with E-state index in [0.29, 0.717) is 23.7 Å². The van der Waals surface area contributed by atoms with Gasteiger partial charge in [-0.25, -0.2) is 0 Å². The van der Waals surface area contributed by atoms with Crippen LogP contribution < -0.4 is 0 Å². The Bertz CT molecular complexity index is 445. The molecule has 1 unspecified atom stereocenters. The fourth-order valence-corrected chi connectivity index (χ4v) is 2.48. The van der Waals surface area contributed by atoms with Gasteiger partial charge in [0, 0.05) is 31.2 Å². The van der Waals surface area contributed by atoms with Crippen LogP contribution in [0.2, 0.25) is 5.02 Å². The molecule has 4 nitrogen and oxygen atoms in total. The van der Waals surface area contributed by atoms with Crippen molar-refractivity contribution in [2.75, 3.05) is 32.7 Å². The fourth-order valence-electron chi connectivity index (χ4n) is 2.28. The molecule has 1 fully saturated rings. The Balaban J connectivity index is 2.00. The summed E-state index contributed by atoms with van der Waals surface area (Å²) in [5.74, 6) is -0.238. The molecule has 1 amide bonds. The van der Waals surface area contributed by atoms with E-state index in [9.17, 15) is 9.90 Å². The monoisotopic (exact) mass is 282 g/mol. The molecule has 19 heavy (non-hydrogen) atoms. The quantitative estimate of drug-likeness (QED) is 0.915. The predicted molar refractivity (Wildman–Crippen MR) is 75.1 cm³/mol. The van der Waals surface area contributed by atoms with Gasteiger partial charge < -0.3 is 14.9 Å². The molecule has 0 aliphatic carbocycles. The van der Waals surface area contributed by atoms with E-state index in [1.807, 2.05) is 0 Å². The van der Waals surface area contributed by atoms with Gasteiger partial charge in [-0.3, -0.25) is 4.79 Å². The minimum absolute atomic E-state index is 0.238. The summed E-state index contributed by atoms with van der Waals surface area (Å²) >= 11 is 5.87. The molecule has 0 saturated carbocycles. The summed E-state index contributed by atoms with van der Waals surface area (Å²) in [5.41, 5.74) is 0.551. The first-order chi connectivity index (χ1) is 9.11. The zero-order valence-corrected chi connectivity index (χ0v) is 11.8. The number of rotatable bonds is 3. The molecule has 0 spiro atoms. The average Bonchev–Trinajstić information content (AvgIpc) is 2.46. The van der Waals surface area contributed by atoms with Crippen molar-refractivity contribution in [3.05, 3.63) is 34.9 Å². The van der Waals surface area contributed by atoms with E-state index >= 15 is 0 Å². The topological polar surface area (TPSA) is 43.8 Å². The number of aliphatic hydroxyl groups is 1. The second kappa shape index (κ2) is 6.37. The number of hydrogen-bond acceptors (Lipinski definition) is 3. The highest BCUT2D eigenvalue weighted by Crippen LogP contribution is 2.20. The van der Waals surface area contributed by atoms with Crippen molar-refractivity contribution in [2.24, 2.45) is 0 Å². The summed E-state index contributed by atoms with van der Waals surface area (Å²) in [6.45, 7) is 6.18. The number of amides is 1. The minimum atomic E-state index is -1.12. The van der Waals surface area contributed by atoms with Gasteiger partial charge >= 0.3 is 0 Å². The van der Waals surface area contributed by atoms with Crippen LogP contribution in [-0.4, -0.2) is 53.5 Å². The summed E-state index contributed by atoms with van der Waals surface area (Å²) in [4.78, 5) is 16.2. The van der Waals surface area contributed by atoms with Crippen molar-refractivity contribution in [1.29, 1.82) is 0 Å². The molecular weight excluding hydrogens is 264 g/mol. The molecule has 1 aliphatic heterocycles. The van der Waals surface area contributed by atoms with Gasteiger partial charge in [-0.05, 0) is 24.2 Å². The van der Waals surface area contributed by atoms with Crippen LogP contribution in [0, 0.1) is 0 Å². The SMILES string of the molecule is CCN1CCN(C(=O)C(O)c2cccc(Cl)c2)CC1. The third-order valence-electron chi connectivity index (χ3n) is 3.53. The van der Waals surface area contributed by atoms with Crippen molar-refractivity contribution in [3.8, 4) is 0 Å². The summed E-state index contributed by atoms with van der Waals surface area (Å²) in [7, 11) is 0. The van der Waals surface area contributed by atoms with Gasteiger partial charge in [-0.15, -0.1) is 0 Å². The Morgan fingerprint density at radius 1 is 1.37 bits per heavy atom. The van der Waals surface area contributed by atoms with Crippen molar-refractivity contribution < 1.29 is 9.90 Å². The average molecular weight is 283 g/mol. The Labute approximate surface area is 118 Å². The van der Waals surface area contributed by atoms with E-state index in [4.69, 9.17) is 11.6 Å². The zero-order valence-electron chi connectivity index (χ0n) is 11.1. The van der Waals surface area contributed by atoms with Crippen LogP contribution in [0.5, 0.6) is 0 Å². The van der Waals surface area contributed by atoms with Crippen LogP contribution in [0.15, 0.2) is 24.3 Å². The maximum absolute atomic E-state index is 12.2. The standard InChI is InChI=1S/C14H19ClN2O2/c1-2-16-6-8-17(9-7-16)14(19)13(18)11-4-3-5-12(15)10-11/h3-5,10,13,18H,2,6-9H2,1H3. The van der Waals surface area contributed by atoms with E-state index in [1.165, 1.54) is 0 Å². The second-order valence-electron chi connectivity index (χ2n) is 4.72. The van der Waals surface area contributed by atoms with E-state index in [2.05, 4.69) is 11.8 Å². The lowest BCUT2D eigenvalue weighted by Gasteiger charge is -2.35. The van der Waals surface area contributed by atoms with Crippen LogP contribution >= 0.6 is 11.6 Å². The smallest absolute Gasteiger partial charge is 0.256 e. The first kappa shape index (κ1) is 14.3. The van der Waals surface area contributed by atoms with Gasteiger partial charge in [0.05, 0.1) is 0 Å². The number of piperazine rings is 1. The number of hydrogen-bond donors (Lipinski definition) is 1. The Kier molecular flexibility index (Phi) is 4.80. The minimum Gasteiger partial charge on any atom is -0.378 e. The van der Waals surface area contributed by atoms with Gasteiger partial charge in [0.1, 0.15) is 0 Å². The summed E-state index contributed by atoms with van der Waals surface area (Å²) < 4.78 is 0. The lowest BCUT2D eigenvalue weighted by molar-refractivity contribution is -0.142. The molecule has 0 aromatic heterocycles. The first-order valence-electron chi connectivity index (χ1n) is 6.56. The van der Waals surface area contributed by atoms with Crippen LogP contribution in [-0.2, 0) is 4.79 Å². The lowest BCUT2D eigenvalue weighted by atomic mass is 10.1. The number of carbonyl (C=O) groups is 1. The maximum atomic E-state index is 12.2. The number of carbonyl (C=O) groups excluding carboxylic acids is 1. The van der Waals surface area contributed by atoms with Crippen molar-refractivity contribution >= 4 is 17.5 Å². The van der Waals surface area contributed by atoms with Gasteiger partial charge in [-0.1, -0.05) is 30.7 Å². The molecule has 1 N–H and O–H groups in total. The Hall–Kier alpha value is -1.10. The van der Waals surface area contributed by atoms with Crippen molar-refractivity contribution in [2.45, 2.75) is 13.0 Å². The molecule has 104 valence electrons. The van der Waals surface area contributed by atoms with Gasteiger partial charge in [0.25, 0.3) is 5.91 Å². The maximum Gasteiger partial charge on any atom is 0.256 e. The number of likely N-dealkylation sites (N-methyl/N-ethyl adjacent to an activating group) is 1. The highest BCUT2D eigenvalue weighted by Gasteiger charge is 2.26. The molecule has 1 heterocycles. The number of benzene rings is 1. The number of halogens is 1. The molecule has 1 aromatic carbocycles. The Morgan fingerprint density at radius 3 is 2.63 bits per heavy atom. The molecule has 5 heteroatoms. The number of nitrogens with zero attached hydrogens (tertiary/aromatic N) is 2. The molecule has 1 aromatic rings. The molecular formula is C14H19ClN2O2. The first-order valence-corrected chi connectivity index (χ1v) is 6.94. The van der Waals surface area contributed by atoms with E-state index in [-0.39, 0.29) is 5.91 Å². The molecule has 0 bridgehead atoms. The van der Waals surface area contributed by atoms with Crippen LogP contribution in [0.3, 0.4) is 0 Å². The lowest BCUT2D eigenvalue weighted by Crippen LogP contribution is -2.49. The highest BCUT2D eigenvalue weighted by molar-refractivity contribution is 6.30. The van der Waals surface area contributed by atoms with Crippen molar-refractivity contribution in [3.63, 3.8) is 0 Å². The third-order valence-corrected chi connectivity index (χ3v) is 3.76. The molecule has 2 rings (SSSR count). The van der Waals surface area contributed by atoms with Gasteiger partial charge in [0.15, 0.2) is 6.10 Å². The number of aliphatic hydroxyl groups excluding tert-OH is 1. The zero-order chi connectivity index (χ0) is 13.8. The molecule has 1 saturated heterocycles. The van der Waals surface area contributed by atoms with Crippen LogP contribution in [0.25, 0.3) is 0 Å². The Morgan fingerprint density at radius 2 is 2.05 bits per heavy atom. The third kappa shape index (κ3) is 3.47. The molecule has 1 atom stereocenters. The fraction of sp³-hybridized carbons (Fsp3) is 0.500. The van der Waals surface area contributed by atoms with Gasteiger partial charge in [0.2, 0.25) is 0 Å².